The highest BCUT2D eigenvalue weighted by atomic mass is 32.2. The Hall–Kier alpha value is -0.660. The van der Waals surface area contributed by atoms with Gasteiger partial charge in [-0.05, 0) is 20.9 Å². The fourth-order valence-corrected chi connectivity index (χ4v) is 3.40. The lowest BCUT2D eigenvalue weighted by Gasteiger charge is -2.37. The van der Waals surface area contributed by atoms with Crippen molar-refractivity contribution in [3.63, 3.8) is 0 Å². The first-order valence-corrected chi connectivity index (χ1v) is 6.69. The van der Waals surface area contributed by atoms with Crippen molar-refractivity contribution in [1.29, 1.82) is 0 Å². The molecule has 1 saturated heterocycles. The maximum atomic E-state index is 12.0. The molecule has 1 fully saturated rings. The van der Waals surface area contributed by atoms with Gasteiger partial charge in [0.2, 0.25) is 10.0 Å². The van der Waals surface area contributed by atoms with Crippen molar-refractivity contribution in [2.75, 3.05) is 26.7 Å². The lowest BCUT2D eigenvalue weighted by Crippen LogP contribution is -2.55. The maximum Gasteiger partial charge on any atom is 0.323 e. The molecule has 2 atom stereocenters. The monoisotopic (exact) mass is 250 g/mol. The summed E-state index contributed by atoms with van der Waals surface area (Å²) in [7, 11) is -1.81. The van der Waals surface area contributed by atoms with E-state index in [1.807, 2.05) is 11.9 Å². The standard InChI is InChI=1S/C9H18N2O4S/c1-7-6-10(3)4-5-11(7)16(14,15)8(2)9(12)13/h7-8H,4-6H2,1-3H3,(H,12,13). The van der Waals surface area contributed by atoms with Gasteiger partial charge in [0, 0.05) is 25.7 Å². The quantitative estimate of drug-likeness (QED) is 0.725. The lowest BCUT2D eigenvalue weighted by atomic mass is 10.2. The van der Waals surface area contributed by atoms with Crippen molar-refractivity contribution in [1.82, 2.24) is 9.21 Å². The molecule has 0 radical (unpaired) electrons. The summed E-state index contributed by atoms with van der Waals surface area (Å²) in [5, 5.41) is 7.39. The smallest absolute Gasteiger partial charge is 0.323 e. The van der Waals surface area contributed by atoms with Gasteiger partial charge in [0.1, 0.15) is 0 Å². The predicted octanol–water partition coefficient (Wildman–Crippen LogP) is -0.575. The zero-order valence-electron chi connectivity index (χ0n) is 9.75. The summed E-state index contributed by atoms with van der Waals surface area (Å²) < 4.78 is 25.2. The number of hydrogen-bond donors (Lipinski definition) is 1. The van der Waals surface area contributed by atoms with Crippen LogP contribution in [0.25, 0.3) is 0 Å². The number of nitrogens with zero attached hydrogens (tertiary/aromatic N) is 2. The molecule has 6 nitrogen and oxygen atoms in total. The van der Waals surface area contributed by atoms with Gasteiger partial charge in [0.15, 0.2) is 5.25 Å². The number of sulfonamides is 1. The van der Waals surface area contributed by atoms with Gasteiger partial charge >= 0.3 is 5.97 Å². The van der Waals surface area contributed by atoms with Gasteiger partial charge < -0.3 is 10.0 Å². The third-order valence-corrected chi connectivity index (χ3v) is 5.18. The number of aliphatic carboxylic acids is 1. The van der Waals surface area contributed by atoms with Crippen LogP contribution in [0.4, 0.5) is 0 Å². The van der Waals surface area contributed by atoms with E-state index in [1.54, 1.807) is 6.92 Å². The van der Waals surface area contributed by atoms with Crippen LogP contribution >= 0.6 is 0 Å². The van der Waals surface area contributed by atoms with E-state index in [4.69, 9.17) is 5.11 Å². The Morgan fingerprint density at radius 2 is 2.00 bits per heavy atom. The molecule has 2 unspecified atom stereocenters. The van der Waals surface area contributed by atoms with E-state index in [0.717, 1.165) is 0 Å². The van der Waals surface area contributed by atoms with E-state index < -0.39 is 21.2 Å². The minimum Gasteiger partial charge on any atom is -0.480 e. The second kappa shape index (κ2) is 4.68. The van der Waals surface area contributed by atoms with Crippen LogP contribution in [-0.2, 0) is 14.8 Å². The number of likely N-dealkylation sites (N-methyl/N-ethyl adjacent to an activating group) is 1. The molecule has 0 amide bonds. The Bertz CT molecular complexity index is 368. The molecule has 0 spiro atoms. The van der Waals surface area contributed by atoms with Crippen molar-refractivity contribution < 1.29 is 18.3 Å². The number of hydrogen-bond acceptors (Lipinski definition) is 4. The van der Waals surface area contributed by atoms with Crippen LogP contribution in [-0.4, -0.2) is 66.7 Å². The first-order chi connectivity index (χ1) is 7.26. The molecule has 0 aromatic rings. The summed E-state index contributed by atoms with van der Waals surface area (Å²) in [6.45, 7) is 4.63. The summed E-state index contributed by atoms with van der Waals surface area (Å²) >= 11 is 0. The molecule has 0 aromatic heterocycles. The van der Waals surface area contributed by atoms with E-state index in [1.165, 1.54) is 11.2 Å². The van der Waals surface area contributed by atoms with Crippen LogP contribution in [0.1, 0.15) is 13.8 Å². The second-order valence-corrected chi connectivity index (χ2v) is 6.45. The molecule has 1 rings (SSSR count). The van der Waals surface area contributed by atoms with Crippen molar-refractivity contribution in [2.45, 2.75) is 25.1 Å². The van der Waals surface area contributed by atoms with Crippen LogP contribution in [0.2, 0.25) is 0 Å². The minimum atomic E-state index is -3.73. The normalized spacial score (nSPS) is 26.6. The molecule has 0 bridgehead atoms. The fraction of sp³-hybridized carbons (Fsp3) is 0.889. The zero-order chi connectivity index (χ0) is 12.5. The van der Waals surface area contributed by atoms with Crippen LogP contribution < -0.4 is 0 Å². The Morgan fingerprint density at radius 3 is 2.44 bits per heavy atom. The highest BCUT2D eigenvalue weighted by molar-refractivity contribution is 7.90. The average molecular weight is 250 g/mol. The number of carboxylic acids is 1. The third kappa shape index (κ3) is 2.53. The molecule has 0 saturated carbocycles. The first kappa shape index (κ1) is 13.4. The summed E-state index contributed by atoms with van der Waals surface area (Å²) in [6, 6.07) is -0.175. The van der Waals surface area contributed by atoms with E-state index >= 15 is 0 Å². The molecule has 94 valence electrons. The number of piperazine rings is 1. The highest BCUT2D eigenvalue weighted by Crippen LogP contribution is 2.17. The van der Waals surface area contributed by atoms with Crippen LogP contribution in [0.15, 0.2) is 0 Å². The predicted molar refractivity (Wildman–Crippen MR) is 59.7 cm³/mol. The van der Waals surface area contributed by atoms with Gasteiger partial charge in [0.25, 0.3) is 0 Å². The molecule has 0 aliphatic carbocycles. The molecule has 7 heteroatoms. The summed E-state index contributed by atoms with van der Waals surface area (Å²) in [6.07, 6.45) is 0. The topological polar surface area (TPSA) is 77.9 Å². The van der Waals surface area contributed by atoms with E-state index in [2.05, 4.69) is 0 Å². The number of carboxylic acid groups (broad SMARTS) is 1. The SMILES string of the molecule is CC1CN(C)CCN1S(=O)(=O)C(C)C(=O)O. The summed E-state index contributed by atoms with van der Waals surface area (Å²) in [5.74, 6) is -1.30. The van der Waals surface area contributed by atoms with Gasteiger partial charge in [-0.15, -0.1) is 0 Å². The number of rotatable bonds is 3. The molecule has 1 N–H and O–H groups in total. The maximum absolute atomic E-state index is 12.0. The Kier molecular flexibility index (Phi) is 3.92. The average Bonchev–Trinajstić information content (AvgIpc) is 2.15. The van der Waals surface area contributed by atoms with Gasteiger partial charge in [-0.3, -0.25) is 4.79 Å². The Morgan fingerprint density at radius 1 is 1.44 bits per heavy atom. The molecular formula is C9H18N2O4S. The van der Waals surface area contributed by atoms with E-state index in [9.17, 15) is 13.2 Å². The zero-order valence-corrected chi connectivity index (χ0v) is 10.6. The summed E-state index contributed by atoms with van der Waals surface area (Å²) in [5.41, 5.74) is 0. The van der Waals surface area contributed by atoms with Crippen molar-refractivity contribution in [3.05, 3.63) is 0 Å². The highest BCUT2D eigenvalue weighted by Gasteiger charge is 2.38. The van der Waals surface area contributed by atoms with Gasteiger partial charge in [0.05, 0.1) is 0 Å². The van der Waals surface area contributed by atoms with Gasteiger partial charge in [-0.1, -0.05) is 0 Å². The molecule has 16 heavy (non-hydrogen) atoms. The van der Waals surface area contributed by atoms with E-state index in [0.29, 0.717) is 19.6 Å². The largest absolute Gasteiger partial charge is 0.480 e. The number of carbonyl (C=O) groups is 1. The summed E-state index contributed by atoms with van der Waals surface area (Å²) in [4.78, 5) is 12.8. The molecule has 1 aliphatic heterocycles. The van der Waals surface area contributed by atoms with Crippen LogP contribution in [0.3, 0.4) is 0 Å². The minimum absolute atomic E-state index is 0.175. The van der Waals surface area contributed by atoms with Crippen molar-refractivity contribution >= 4 is 16.0 Å². The van der Waals surface area contributed by atoms with Crippen LogP contribution in [0.5, 0.6) is 0 Å². The van der Waals surface area contributed by atoms with Gasteiger partial charge in [-0.25, -0.2) is 8.42 Å². The Balaban J connectivity index is 2.88. The molecule has 1 heterocycles. The van der Waals surface area contributed by atoms with Crippen LogP contribution in [0, 0.1) is 0 Å². The molecular weight excluding hydrogens is 232 g/mol. The Labute approximate surface area is 95.9 Å². The van der Waals surface area contributed by atoms with Crippen molar-refractivity contribution in [2.24, 2.45) is 0 Å². The third-order valence-electron chi connectivity index (χ3n) is 2.89. The fourth-order valence-electron chi connectivity index (χ4n) is 1.83. The van der Waals surface area contributed by atoms with E-state index in [-0.39, 0.29) is 6.04 Å². The van der Waals surface area contributed by atoms with Gasteiger partial charge in [-0.2, -0.15) is 4.31 Å². The second-order valence-electron chi connectivity index (χ2n) is 4.25. The molecule has 0 aromatic carbocycles. The van der Waals surface area contributed by atoms with Crippen molar-refractivity contribution in [3.8, 4) is 0 Å². The first-order valence-electron chi connectivity index (χ1n) is 5.19. The molecule has 1 aliphatic rings. The lowest BCUT2D eigenvalue weighted by molar-refractivity contribution is -0.136.